The fourth-order valence-electron chi connectivity index (χ4n) is 2.49. The number of carbonyl (C=O) groups is 1. The first-order valence-corrected chi connectivity index (χ1v) is 9.30. The van der Waals surface area contributed by atoms with Gasteiger partial charge in [-0.15, -0.1) is 10.2 Å². The maximum Gasteiger partial charge on any atom is 0.313 e. The van der Waals surface area contributed by atoms with E-state index in [0.29, 0.717) is 33.9 Å². The summed E-state index contributed by atoms with van der Waals surface area (Å²) >= 11 is 1.07. The van der Waals surface area contributed by atoms with Crippen LogP contribution in [-0.2, 0) is 11.4 Å². The molecule has 28 heavy (non-hydrogen) atoms. The lowest BCUT2D eigenvalue weighted by Gasteiger charge is -2.15. The van der Waals surface area contributed by atoms with Crippen molar-refractivity contribution in [3.05, 3.63) is 54.4 Å². The smallest absolute Gasteiger partial charge is 0.313 e. The highest BCUT2D eigenvalue weighted by atomic mass is 32.2. The molecule has 0 aliphatic rings. The fraction of sp³-hybridized carbons (Fsp3) is 0.211. The number of aliphatic carboxylic acids is 1. The molecule has 0 aliphatic heterocycles. The molecule has 146 valence electrons. The van der Waals surface area contributed by atoms with Crippen molar-refractivity contribution < 1.29 is 24.1 Å². The number of hydrogen-bond donors (Lipinski definition) is 1. The second kappa shape index (κ2) is 9.14. The van der Waals surface area contributed by atoms with Crippen LogP contribution in [0.4, 0.5) is 0 Å². The summed E-state index contributed by atoms with van der Waals surface area (Å²) in [6.07, 6.45) is 0. The standard InChI is InChI=1S/C19H19N3O5S/c1-25-14-8-9-15(16(10-14)26-2)22-17(11-27-13-6-4-3-5-7-13)20-21-19(22)28-12-18(23)24/h3-10H,11-12H2,1-2H3,(H,23,24). The molecule has 1 heterocycles. The number of rotatable bonds is 9. The van der Waals surface area contributed by atoms with Crippen LogP contribution in [0.1, 0.15) is 5.82 Å². The van der Waals surface area contributed by atoms with Crippen molar-refractivity contribution in [1.82, 2.24) is 14.8 Å². The van der Waals surface area contributed by atoms with Gasteiger partial charge in [-0.25, -0.2) is 0 Å². The Morgan fingerprint density at radius 3 is 2.54 bits per heavy atom. The lowest BCUT2D eigenvalue weighted by molar-refractivity contribution is -0.133. The average Bonchev–Trinajstić information content (AvgIpc) is 3.13. The number of para-hydroxylation sites is 1. The second-order valence-electron chi connectivity index (χ2n) is 5.56. The molecule has 1 N–H and O–H groups in total. The van der Waals surface area contributed by atoms with Gasteiger partial charge in [0.15, 0.2) is 11.0 Å². The van der Waals surface area contributed by atoms with Crippen molar-refractivity contribution in [2.24, 2.45) is 0 Å². The molecule has 0 unspecified atom stereocenters. The van der Waals surface area contributed by atoms with Crippen LogP contribution in [0.3, 0.4) is 0 Å². The number of thioether (sulfide) groups is 1. The summed E-state index contributed by atoms with van der Waals surface area (Å²) < 4.78 is 18.3. The quantitative estimate of drug-likeness (QED) is 0.547. The van der Waals surface area contributed by atoms with Gasteiger partial charge in [0.05, 0.1) is 25.7 Å². The van der Waals surface area contributed by atoms with Gasteiger partial charge in [0, 0.05) is 6.07 Å². The summed E-state index contributed by atoms with van der Waals surface area (Å²) in [6.45, 7) is 0.153. The Labute approximate surface area is 166 Å². The van der Waals surface area contributed by atoms with Gasteiger partial charge in [-0.1, -0.05) is 30.0 Å². The van der Waals surface area contributed by atoms with Crippen molar-refractivity contribution >= 4 is 17.7 Å². The van der Waals surface area contributed by atoms with E-state index in [2.05, 4.69) is 10.2 Å². The number of methoxy groups -OCH3 is 2. The Morgan fingerprint density at radius 1 is 1.07 bits per heavy atom. The molecule has 0 fully saturated rings. The van der Waals surface area contributed by atoms with Crippen LogP contribution < -0.4 is 14.2 Å². The number of nitrogens with zero attached hydrogens (tertiary/aromatic N) is 3. The lowest BCUT2D eigenvalue weighted by Crippen LogP contribution is -2.09. The summed E-state index contributed by atoms with van der Waals surface area (Å²) in [5, 5.41) is 17.8. The van der Waals surface area contributed by atoms with E-state index in [1.54, 1.807) is 37.0 Å². The highest BCUT2D eigenvalue weighted by Gasteiger charge is 2.19. The Balaban J connectivity index is 1.98. The minimum Gasteiger partial charge on any atom is -0.497 e. The second-order valence-corrected chi connectivity index (χ2v) is 6.50. The zero-order valence-corrected chi connectivity index (χ0v) is 16.2. The molecule has 3 rings (SSSR count). The summed E-state index contributed by atoms with van der Waals surface area (Å²) in [5.74, 6) is 1.30. The third-order valence-corrected chi connectivity index (χ3v) is 4.68. The van der Waals surface area contributed by atoms with Crippen molar-refractivity contribution in [1.29, 1.82) is 0 Å². The number of carboxylic acids is 1. The molecule has 0 saturated carbocycles. The van der Waals surface area contributed by atoms with Gasteiger partial charge in [-0.3, -0.25) is 9.36 Å². The van der Waals surface area contributed by atoms with E-state index in [0.717, 1.165) is 11.8 Å². The number of ether oxygens (including phenoxy) is 3. The maximum absolute atomic E-state index is 11.0. The molecule has 0 saturated heterocycles. The first-order valence-electron chi connectivity index (χ1n) is 8.31. The van der Waals surface area contributed by atoms with Crippen LogP contribution in [0.25, 0.3) is 5.69 Å². The lowest BCUT2D eigenvalue weighted by atomic mass is 10.2. The highest BCUT2D eigenvalue weighted by molar-refractivity contribution is 7.99. The number of hydrogen-bond acceptors (Lipinski definition) is 7. The van der Waals surface area contributed by atoms with E-state index < -0.39 is 5.97 Å². The highest BCUT2D eigenvalue weighted by Crippen LogP contribution is 2.32. The van der Waals surface area contributed by atoms with Gasteiger partial charge in [0.25, 0.3) is 0 Å². The number of carboxylic acid groups (broad SMARTS) is 1. The van der Waals surface area contributed by atoms with Crippen LogP contribution in [0.5, 0.6) is 17.2 Å². The Bertz CT molecular complexity index is 946. The molecule has 0 amide bonds. The molecule has 8 nitrogen and oxygen atoms in total. The molecule has 0 radical (unpaired) electrons. The van der Waals surface area contributed by atoms with Crippen LogP contribution in [0, 0.1) is 0 Å². The molecule has 3 aromatic rings. The van der Waals surface area contributed by atoms with Crippen molar-refractivity contribution in [2.75, 3.05) is 20.0 Å². The van der Waals surface area contributed by atoms with E-state index in [4.69, 9.17) is 19.3 Å². The SMILES string of the molecule is COc1ccc(-n2c(COc3ccccc3)nnc2SCC(=O)O)c(OC)c1. The minimum absolute atomic E-state index is 0.143. The van der Waals surface area contributed by atoms with Crippen molar-refractivity contribution in [2.45, 2.75) is 11.8 Å². The Hall–Kier alpha value is -3.20. The number of benzene rings is 2. The monoisotopic (exact) mass is 401 g/mol. The molecule has 1 aromatic heterocycles. The third kappa shape index (κ3) is 4.55. The third-order valence-electron chi connectivity index (χ3n) is 3.76. The van der Waals surface area contributed by atoms with Crippen LogP contribution in [0.15, 0.2) is 53.7 Å². The topological polar surface area (TPSA) is 95.7 Å². The molecule has 0 spiro atoms. The summed E-state index contributed by atoms with van der Waals surface area (Å²) in [7, 11) is 3.12. The summed E-state index contributed by atoms with van der Waals surface area (Å²) in [6, 6.07) is 14.7. The van der Waals surface area contributed by atoms with E-state index >= 15 is 0 Å². The molecular weight excluding hydrogens is 382 g/mol. The van der Waals surface area contributed by atoms with E-state index in [1.807, 2.05) is 30.3 Å². The normalized spacial score (nSPS) is 10.5. The van der Waals surface area contributed by atoms with E-state index in [1.165, 1.54) is 0 Å². The predicted molar refractivity (Wildman–Crippen MR) is 104 cm³/mol. The van der Waals surface area contributed by atoms with Gasteiger partial charge in [0.1, 0.15) is 23.9 Å². The van der Waals surface area contributed by atoms with Gasteiger partial charge < -0.3 is 19.3 Å². The van der Waals surface area contributed by atoms with Crippen LogP contribution >= 0.6 is 11.8 Å². The summed E-state index contributed by atoms with van der Waals surface area (Å²) in [5.41, 5.74) is 0.660. The zero-order chi connectivity index (χ0) is 19.9. The van der Waals surface area contributed by atoms with Crippen LogP contribution in [-0.4, -0.2) is 45.8 Å². The fourth-order valence-corrected chi connectivity index (χ4v) is 3.17. The van der Waals surface area contributed by atoms with Crippen molar-refractivity contribution in [3.8, 4) is 22.9 Å². The van der Waals surface area contributed by atoms with Gasteiger partial charge in [0.2, 0.25) is 0 Å². The largest absolute Gasteiger partial charge is 0.497 e. The van der Waals surface area contributed by atoms with Crippen LogP contribution in [0.2, 0.25) is 0 Å². The van der Waals surface area contributed by atoms with Gasteiger partial charge in [-0.2, -0.15) is 0 Å². The van der Waals surface area contributed by atoms with Crippen molar-refractivity contribution in [3.63, 3.8) is 0 Å². The number of aromatic nitrogens is 3. The van der Waals surface area contributed by atoms with Gasteiger partial charge >= 0.3 is 5.97 Å². The Morgan fingerprint density at radius 2 is 1.86 bits per heavy atom. The maximum atomic E-state index is 11.0. The summed E-state index contributed by atoms with van der Waals surface area (Å²) in [4.78, 5) is 11.0. The van der Waals surface area contributed by atoms with E-state index in [9.17, 15) is 4.79 Å². The molecule has 2 aromatic carbocycles. The molecule has 9 heteroatoms. The first-order chi connectivity index (χ1) is 13.6. The minimum atomic E-state index is -0.941. The molecular formula is C19H19N3O5S. The molecule has 0 aliphatic carbocycles. The average molecular weight is 401 g/mol. The Kier molecular flexibility index (Phi) is 6.38. The molecule has 0 atom stereocenters. The van der Waals surface area contributed by atoms with E-state index in [-0.39, 0.29) is 12.4 Å². The first kappa shape index (κ1) is 19.6. The predicted octanol–water partition coefficient (Wildman–Crippen LogP) is 3.04. The van der Waals surface area contributed by atoms with Gasteiger partial charge in [-0.05, 0) is 24.3 Å². The molecule has 0 bridgehead atoms. The zero-order valence-electron chi connectivity index (χ0n) is 15.4.